The molecule has 0 amide bonds. The van der Waals surface area contributed by atoms with Gasteiger partial charge in [0, 0.05) is 18.0 Å². The monoisotopic (exact) mass is 306 g/mol. The van der Waals surface area contributed by atoms with Crippen molar-refractivity contribution in [2.24, 2.45) is 5.84 Å². The molecule has 6 nitrogen and oxygen atoms in total. The number of hydrogen-bond donors (Lipinski definition) is 3. The molecule has 0 aliphatic rings. The van der Waals surface area contributed by atoms with Gasteiger partial charge in [0.15, 0.2) is 0 Å². The number of rotatable bonds is 5. The Balaban J connectivity index is 2.30. The number of nitrogens with one attached hydrogen (secondary N) is 2. The van der Waals surface area contributed by atoms with Crippen LogP contribution in [0.5, 0.6) is 0 Å². The number of nitrogen functional groups attached to an aromatic ring is 1. The fraction of sp³-hybridized carbons (Fsp3) is 0.214. The Bertz CT molecular complexity index is 729. The highest BCUT2D eigenvalue weighted by Gasteiger charge is 2.15. The van der Waals surface area contributed by atoms with Crippen molar-refractivity contribution in [2.45, 2.75) is 24.7 Å². The summed E-state index contributed by atoms with van der Waals surface area (Å²) in [6.07, 6.45) is 1.38. The van der Waals surface area contributed by atoms with Gasteiger partial charge in [0.05, 0.1) is 4.90 Å². The normalized spacial score (nSPS) is 11.4. The van der Waals surface area contributed by atoms with Crippen LogP contribution in [-0.2, 0) is 10.0 Å². The first-order valence-corrected chi connectivity index (χ1v) is 7.96. The lowest BCUT2D eigenvalue weighted by atomic mass is 10.0. The summed E-state index contributed by atoms with van der Waals surface area (Å²) in [4.78, 5) is 3.99. The highest BCUT2D eigenvalue weighted by Crippen LogP contribution is 2.21. The number of sulfonamides is 1. The van der Waals surface area contributed by atoms with Gasteiger partial charge >= 0.3 is 0 Å². The molecule has 0 unspecified atom stereocenters. The maximum absolute atomic E-state index is 12.3. The van der Waals surface area contributed by atoms with Crippen LogP contribution in [0.3, 0.4) is 0 Å². The Kier molecular flexibility index (Phi) is 4.44. The first-order valence-electron chi connectivity index (χ1n) is 6.48. The second-order valence-electron chi connectivity index (χ2n) is 4.91. The zero-order valence-corrected chi connectivity index (χ0v) is 12.7. The van der Waals surface area contributed by atoms with E-state index in [4.69, 9.17) is 5.84 Å². The van der Waals surface area contributed by atoms with E-state index in [0.29, 0.717) is 11.6 Å². The summed E-state index contributed by atoms with van der Waals surface area (Å²) in [5.41, 5.74) is 3.92. The van der Waals surface area contributed by atoms with E-state index in [1.54, 1.807) is 6.07 Å². The lowest BCUT2D eigenvalue weighted by molar-refractivity contribution is 0.601. The molecule has 0 aliphatic carbocycles. The molecule has 1 aromatic carbocycles. The van der Waals surface area contributed by atoms with Gasteiger partial charge in [-0.3, -0.25) is 4.72 Å². The van der Waals surface area contributed by atoms with Gasteiger partial charge in [-0.05, 0) is 29.7 Å². The van der Waals surface area contributed by atoms with Crippen molar-refractivity contribution in [3.8, 4) is 0 Å². The lowest BCUT2D eigenvalue weighted by Crippen LogP contribution is -2.15. The van der Waals surface area contributed by atoms with Gasteiger partial charge in [-0.1, -0.05) is 26.0 Å². The largest absolute Gasteiger partial charge is 0.308 e. The van der Waals surface area contributed by atoms with Crippen LogP contribution in [0.4, 0.5) is 11.5 Å². The second kappa shape index (κ2) is 6.11. The highest BCUT2D eigenvalue weighted by molar-refractivity contribution is 7.92. The molecule has 112 valence electrons. The molecule has 2 aromatic rings. The standard InChI is InChI=1S/C14H18N4O2S/c1-10(2)11-4-3-5-12(8-11)18-21(19,20)13-6-7-16-14(9-13)17-15/h3-10,18H,15H2,1-2H3,(H,16,17). The van der Waals surface area contributed by atoms with Gasteiger partial charge in [0.2, 0.25) is 0 Å². The van der Waals surface area contributed by atoms with Crippen LogP contribution in [0.2, 0.25) is 0 Å². The SMILES string of the molecule is CC(C)c1cccc(NS(=O)(=O)c2ccnc(NN)c2)c1. The third-order valence-corrected chi connectivity index (χ3v) is 4.37. The molecular weight excluding hydrogens is 288 g/mol. The van der Waals surface area contributed by atoms with E-state index in [0.717, 1.165) is 5.56 Å². The third kappa shape index (κ3) is 3.71. The molecule has 2 rings (SSSR count). The Morgan fingerprint density at radius 2 is 1.95 bits per heavy atom. The number of aromatic nitrogens is 1. The minimum atomic E-state index is -3.67. The summed E-state index contributed by atoms with van der Waals surface area (Å²) in [5, 5.41) is 0. The van der Waals surface area contributed by atoms with E-state index in [2.05, 4.69) is 29.0 Å². The van der Waals surface area contributed by atoms with E-state index in [1.807, 2.05) is 18.2 Å². The summed E-state index contributed by atoms with van der Waals surface area (Å²) in [5.74, 6) is 5.85. The first kappa shape index (κ1) is 15.3. The fourth-order valence-electron chi connectivity index (χ4n) is 1.83. The van der Waals surface area contributed by atoms with Gasteiger partial charge in [-0.25, -0.2) is 19.2 Å². The van der Waals surface area contributed by atoms with E-state index >= 15 is 0 Å². The van der Waals surface area contributed by atoms with E-state index in [-0.39, 0.29) is 10.7 Å². The van der Waals surface area contributed by atoms with E-state index in [9.17, 15) is 8.42 Å². The zero-order valence-electron chi connectivity index (χ0n) is 11.9. The number of pyridine rings is 1. The lowest BCUT2D eigenvalue weighted by Gasteiger charge is -2.11. The van der Waals surface area contributed by atoms with Gasteiger partial charge in [0.25, 0.3) is 10.0 Å². The van der Waals surface area contributed by atoms with Crippen LogP contribution in [0, 0.1) is 0 Å². The van der Waals surface area contributed by atoms with Crippen LogP contribution in [0.1, 0.15) is 25.3 Å². The van der Waals surface area contributed by atoms with Crippen molar-refractivity contribution >= 4 is 21.5 Å². The molecule has 0 aliphatic heterocycles. The quantitative estimate of drug-likeness (QED) is 0.581. The highest BCUT2D eigenvalue weighted by atomic mass is 32.2. The van der Waals surface area contributed by atoms with Gasteiger partial charge in [0.1, 0.15) is 5.82 Å². The Morgan fingerprint density at radius 3 is 2.62 bits per heavy atom. The number of anilines is 2. The fourth-order valence-corrected chi connectivity index (χ4v) is 2.89. The van der Waals surface area contributed by atoms with Gasteiger partial charge < -0.3 is 5.43 Å². The molecule has 1 heterocycles. The van der Waals surface area contributed by atoms with E-state index < -0.39 is 10.0 Å². The third-order valence-electron chi connectivity index (χ3n) is 3.00. The molecule has 7 heteroatoms. The van der Waals surface area contributed by atoms with Gasteiger partial charge in [-0.2, -0.15) is 0 Å². The number of nitrogens with two attached hydrogens (primary N) is 1. The van der Waals surface area contributed by atoms with Crippen molar-refractivity contribution in [1.82, 2.24) is 4.98 Å². The van der Waals surface area contributed by atoms with E-state index in [1.165, 1.54) is 18.3 Å². The van der Waals surface area contributed by atoms with Crippen molar-refractivity contribution in [3.63, 3.8) is 0 Å². The molecule has 0 radical (unpaired) electrons. The molecule has 0 spiro atoms. The summed E-state index contributed by atoms with van der Waals surface area (Å²) in [6, 6.07) is 10.1. The van der Waals surface area contributed by atoms with Gasteiger partial charge in [-0.15, -0.1) is 0 Å². The number of hydrazine groups is 1. The van der Waals surface area contributed by atoms with Crippen LogP contribution in [-0.4, -0.2) is 13.4 Å². The Hall–Kier alpha value is -2.12. The van der Waals surface area contributed by atoms with Crippen molar-refractivity contribution in [3.05, 3.63) is 48.2 Å². The second-order valence-corrected chi connectivity index (χ2v) is 6.59. The summed E-state index contributed by atoms with van der Waals surface area (Å²) in [6.45, 7) is 4.10. The topological polar surface area (TPSA) is 97.1 Å². The average Bonchev–Trinajstić information content (AvgIpc) is 2.47. The van der Waals surface area contributed by atoms with Crippen molar-refractivity contribution in [2.75, 3.05) is 10.1 Å². The predicted molar refractivity (Wildman–Crippen MR) is 83.4 cm³/mol. The Morgan fingerprint density at radius 1 is 1.19 bits per heavy atom. The summed E-state index contributed by atoms with van der Waals surface area (Å²) < 4.78 is 27.2. The smallest absolute Gasteiger partial charge is 0.262 e. The minimum absolute atomic E-state index is 0.0976. The van der Waals surface area contributed by atoms with Crippen LogP contribution < -0.4 is 16.0 Å². The minimum Gasteiger partial charge on any atom is -0.308 e. The van der Waals surface area contributed by atoms with Crippen LogP contribution >= 0.6 is 0 Å². The maximum Gasteiger partial charge on any atom is 0.262 e. The first-order chi connectivity index (χ1) is 9.92. The molecule has 0 fully saturated rings. The molecule has 21 heavy (non-hydrogen) atoms. The molecule has 0 saturated heterocycles. The molecule has 4 N–H and O–H groups in total. The van der Waals surface area contributed by atoms with Crippen LogP contribution in [0.15, 0.2) is 47.5 Å². The number of benzene rings is 1. The predicted octanol–water partition coefficient (Wildman–Crippen LogP) is 2.29. The molecular formula is C14H18N4O2S. The summed E-state index contributed by atoms with van der Waals surface area (Å²) >= 11 is 0. The Labute approximate surface area is 124 Å². The van der Waals surface area contributed by atoms with Crippen LogP contribution in [0.25, 0.3) is 0 Å². The molecule has 0 atom stereocenters. The molecule has 0 saturated carbocycles. The van der Waals surface area contributed by atoms with Crippen molar-refractivity contribution in [1.29, 1.82) is 0 Å². The zero-order chi connectivity index (χ0) is 15.5. The summed E-state index contributed by atoms with van der Waals surface area (Å²) in [7, 11) is -3.67. The molecule has 0 bridgehead atoms. The average molecular weight is 306 g/mol. The molecule has 1 aromatic heterocycles. The number of nitrogens with zero attached hydrogens (tertiary/aromatic N) is 1. The number of hydrogen-bond acceptors (Lipinski definition) is 5. The maximum atomic E-state index is 12.3. The van der Waals surface area contributed by atoms with Crippen molar-refractivity contribution < 1.29 is 8.42 Å².